The molecule has 1 aliphatic rings. The van der Waals surface area contributed by atoms with E-state index in [9.17, 15) is 0 Å². The second-order valence-corrected chi connectivity index (χ2v) is 3.27. The molecule has 1 N–H and O–H groups in total. The molecule has 0 aromatic heterocycles. The van der Waals surface area contributed by atoms with Gasteiger partial charge in [0.25, 0.3) is 0 Å². The van der Waals surface area contributed by atoms with Crippen LogP contribution in [0.15, 0.2) is 4.99 Å². The molecule has 72 valence electrons. The zero-order chi connectivity index (χ0) is 9.36. The van der Waals surface area contributed by atoms with Crippen molar-refractivity contribution in [2.24, 2.45) is 4.99 Å². The fourth-order valence-corrected chi connectivity index (χ4v) is 1.30. The maximum absolute atomic E-state index is 8.56. The lowest BCUT2D eigenvalue weighted by atomic mass is 10.1. The highest BCUT2D eigenvalue weighted by Crippen LogP contribution is 2.03. The van der Waals surface area contributed by atoms with Crippen molar-refractivity contribution in [3.8, 4) is 11.8 Å². The lowest BCUT2D eigenvalue weighted by Gasteiger charge is -2.02. The van der Waals surface area contributed by atoms with E-state index in [0.717, 1.165) is 44.4 Å². The summed E-state index contributed by atoms with van der Waals surface area (Å²) in [6.45, 7) is 1.18. The predicted octanol–water partition coefficient (Wildman–Crippen LogP) is 1.78. The van der Waals surface area contributed by atoms with Gasteiger partial charge >= 0.3 is 0 Å². The molecule has 0 aromatic carbocycles. The number of rotatable bonds is 5. The standard InChI is InChI=1S/C11H17NO/c13-10-6-2-5-9-12-11-7-3-1-4-8-11/h13H,1-3,5-7,9-10H2. The maximum Gasteiger partial charge on any atom is 0.0844 e. The van der Waals surface area contributed by atoms with Gasteiger partial charge in [-0.1, -0.05) is 11.8 Å². The molecule has 0 saturated heterocycles. The summed E-state index contributed by atoms with van der Waals surface area (Å²) in [5.41, 5.74) is 1.08. The lowest BCUT2D eigenvalue weighted by Crippen LogP contribution is -2.00. The topological polar surface area (TPSA) is 32.6 Å². The summed E-state index contributed by atoms with van der Waals surface area (Å²) >= 11 is 0. The van der Waals surface area contributed by atoms with Crippen LogP contribution in [-0.2, 0) is 0 Å². The van der Waals surface area contributed by atoms with Gasteiger partial charge < -0.3 is 5.11 Å². The highest BCUT2D eigenvalue weighted by molar-refractivity contribution is 6.00. The van der Waals surface area contributed by atoms with Crippen LogP contribution in [0.2, 0.25) is 0 Å². The summed E-state index contributed by atoms with van der Waals surface area (Å²) in [5.74, 6) is 6.13. The molecule has 0 aromatic rings. The van der Waals surface area contributed by atoms with E-state index in [1.807, 2.05) is 0 Å². The molecule has 1 rings (SSSR count). The van der Waals surface area contributed by atoms with Crippen molar-refractivity contribution in [3.05, 3.63) is 0 Å². The average Bonchev–Trinajstić information content (AvgIpc) is 2.19. The van der Waals surface area contributed by atoms with E-state index in [0.29, 0.717) is 6.61 Å². The first-order chi connectivity index (χ1) is 6.43. The van der Waals surface area contributed by atoms with Crippen molar-refractivity contribution in [1.82, 2.24) is 0 Å². The van der Waals surface area contributed by atoms with Crippen molar-refractivity contribution in [3.63, 3.8) is 0 Å². The second-order valence-electron chi connectivity index (χ2n) is 3.27. The Morgan fingerprint density at radius 3 is 2.92 bits per heavy atom. The summed E-state index contributed by atoms with van der Waals surface area (Å²) in [6.07, 6.45) is 6.31. The van der Waals surface area contributed by atoms with E-state index in [2.05, 4.69) is 16.8 Å². The number of hydrogen-bond acceptors (Lipinski definition) is 2. The van der Waals surface area contributed by atoms with E-state index in [-0.39, 0.29) is 0 Å². The molecule has 0 fully saturated rings. The monoisotopic (exact) mass is 179 g/mol. The van der Waals surface area contributed by atoms with E-state index >= 15 is 0 Å². The minimum absolute atomic E-state index is 0.302. The normalized spacial score (nSPS) is 18.4. The molecular formula is C11H17NO. The zero-order valence-corrected chi connectivity index (χ0v) is 8.05. The third kappa shape index (κ3) is 4.69. The third-order valence-corrected chi connectivity index (χ3v) is 2.07. The first-order valence-electron chi connectivity index (χ1n) is 5.06. The Bertz CT molecular complexity index is 222. The number of nitrogens with zero attached hydrogens (tertiary/aromatic N) is 1. The second kappa shape index (κ2) is 6.68. The van der Waals surface area contributed by atoms with E-state index in [1.165, 1.54) is 6.42 Å². The molecule has 0 heterocycles. The average molecular weight is 179 g/mol. The van der Waals surface area contributed by atoms with Gasteiger partial charge in [0.15, 0.2) is 0 Å². The van der Waals surface area contributed by atoms with Crippen LogP contribution in [-0.4, -0.2) is 24.0 Å². The van der Waals surface area contributed by atoms with E-state index < -0.39 is 0 Å². The Morgan fingerprint density at radius 2 is 2.23 bits per heavy atom. The number of aliphatic hydroxyl groups is 1. The summed E-state index contributed by atoms with van der Waals surface area (Å²) in [4.78, 5) is 4.42. The van der Waals surface area contributed by atoms with Crippen molar-refractivity contribution >= 4 is 5.71 Å². The van der Waals surface area contributed by atoms with Crippen molar-refractivity contribution in [2.75, 3.05) is 13.2 Å². The van der Waals surface area contributed by atoms with Gasteiger partial charge in [-0.2, -0.15) is 0 Å². The summed E-state index contributed by atoms with van der Waals surface area (Å²) in [6, 6.07) is 0. The highest BCUT2D eigenvalue weighted by atomic mass is 16.2. The van der Waals surface area contributed by atoms with Gasteiger partial charge in [-0.05, 0) is 32.1 Å². The molecule has 0 radical (unpaired) electrons. The SMILES string of the molecule is OCCCCCN=C1C#CCCC1. The zero-order valence-electron chi connectivity index (χ0n) is 8.05. The van der Waals surface area contributed by atoms with E-state index in [1.54, 1.807) is 0 Å². The quantitative estimate of drug-likeness (QED) is 0.506. The van der Waals surface area contributed by atoms with E-state index in [4.69, 9.17) is 5.11 Å². The Balaban J connectivity index is 2.11. The Hall–Kier alpha value is -0.810. The fraction of sp³-hybridized carbons (Fsp3) is 0.727. The fourth-order valence-electron chi connectivity index (χ4n) is 1.30. The molecule has 2 heteroatoms. The largest absolute Gasteiger partial charge is 0.396 e. The van der Waals surface area contributed by atoms with Crippen LogP contribution < -0.4 is 0 Å². The smallest absolute Gasteiger partial charge is 0.0844 e. The molecule has 0 aliphatic heterocycles. The summed E-state index contributed by atoms with van der Waals surface area (Å²) < 4.78 is 0. The molecule has 0 saturated carbocycles. The number of unbranched alkanes of at least 4 members (excludes halogenated alkanes) is 2. The first-order valence-corrected chi connectivity index (χ1v) is 5.06. The lowest BCUT2D eigenvalue weighted by molar-refractivity contribution is 0.283. The molecule has 2 nitrogen and oxygen atoms in total. The minimum Gasteiger partial charge on any atom is -0.396 e. The molecule has 0 bridgehead atoms. The van der Waals surface area contributed by atoms with Gasteiger partial charge in [0.05, 0.1) is 5.71 Å². The minimum atomic E-state index is 0.302. The van der Waals surface area contributed by atoms with Crippen LogP contribution in [0.25, 0.3) is 0 Å². The highest BCUT2D eigenvalue weighted by Gasteiger charge is 1.98. The first kappa shape index (κ1) is 10.3. The van der Waals surface area contributed by atoms with Crippen molar-refractivity contribution < 1.29 is 5.11 Å². The van der Waals surface area contributed by atoms with Gasteiger partial charge in [0, 0.05) is 19.6 Å². The van der Waals surface area contributed by atoms with Crippen molar-refractivity contribution in [2.45, 2.75) is 38.5 Å². The third-order valence-electron chi connectivity index (χ3n) is 2.07. The Morgan fingerprint density at radius 1 is 1.31 bits per heavy atom. The molecular weight excluding hydrogens is 162 g/mol. The van der Waals surface area contributed by atoms with Crippen LogP contribution in [0.1, 0.15) is 38.5 Å². The molecule has 0 atom stereocenters. The maximum atomic E-state index is 8.56. The molecule has 0 unspecified atom stereocenters. The molecule has 1 aliphatic carbocycles. The van der Waals surface area contributed by atoms with Crippen LogP contribution in [0.3, 0.4) is 0 Å². The van der Waals surface area contributed by atoms with Crippen molar-refractivity contribution in [1.29, 1.82) is 0 Å². The van der Waals surface area contributed by atoms with Gasteiger partial charge in [-0.25, -0.2) is 0 Å². The van der Waals surface area contributed by atoms with Crippen LogP contribution in [0.4, 0.5) is 0 Å². The predicted molar refractivity (Wildman–Crippen MR) is 54.9 cm³/mol. The number of aliphatic imine (C=N–C) groups is 1. The van der Waals surface area contributed by atoms with Gasteiger partial charge in [-0.15, -0.1) is 0 Å². The van der Waals surface area contributed by atoms with Gasteiger partial charge in [0.1, 0.15) is 0 Å². The van der Waals surface area contributed by atoms with Crippen LogP contribution in [0.5, 0.6) is 0 Å². The number of aliphatic hydroxyl groups excluding tert-OH is 1. The number of hydrogen-bond donors (Lipinski definition) is 1. The van der Waals surface area contributed by atoms with Gasteiger partial charge in [-0.3, -0.25) is 4.99 Å². The van der Waals surface area contributed by atoms with Crippen LogP contribution in [0, 0.1) is 11.8 Å². The summed E-state index contributed by atoms with van der Waals surface area (Å²) in [5, 5.41) is 8.56. The van der Waals surface area contributed by atoms with Gasteiger partial charge in [0.2, 0.25) is 0 Å². The van der Waals surface area contributed by atoms with Crippen LogP contribution >= 0.6 is 0 Å². The molecule has 0 spiro atoms. The molecule has 0 amide bonds. The molecule has 13 heavy (non-hydrogen) atoms. The Kier molecular flexibility index (Phi) is 5.28. The summed E-state index contributed by atoms with van der Waals surface area (Å²) in [7, 11) is 0. The Labute approximate surface area is 80.1 Å².